The number of hydrogen-bond donors (Lipinski definition) is 3. The van der Waals surface area contributed by atoms with Gasteiger partial charge in [-0.2, -0.15) is 23.3 Å². The fraction of sp³-hybridized carbons (Fsp3) is 0.367. The second-order valence-corrected chi connectivity index (χ2v) is 14.4. The third-order valence-electron chi connectivity index (χ3n) is 7.31. The number of carbonyl (C=O) groups is 1. The zero-order valence-corrected chi connectivity index (χ0v) is 26.8. The molecule has 16 heteroatoms. The van der Waals surface area contributed by atoms with Crippen LogP contribution < -0.4 is 20.7 Å². The Morgan fingerprint density at radius 3 is 2.61 bits per heavy atom. The van der Waals surface area contributed by atoms with Gasteiger partial charge >= 0.3 is 6.18 Å². The van der Waals surface area contributed by atoms with Gasteiger partial charge in [0.05, 0.1) is 37.0 Å². The van der Waals surface area contributed by atoms with Gasteiger partial charge in [-0.15, -0.1) is 0 Å². The number of aromatic nitrogens is 5. The van der Waals surface area contributed by atoms with Gasteiger partial charge in [-0.3, -0.25) is 14.0 Å². The van der Waals surface area contributed by atoms with Crippen molar-refractivity contribution >= 4 is 36.4 Å². The molecule has 7 heterocycles. The molecule has 1 aromatic carbocycles. The summed E-state index contributed by atoms with van der Waals surface area (Å²) >= 11 is 0. The van der Waals surface area contributed by atoms with Crippen molar-refractivity contribution in [2.75, 3.05) is 37.6 Å². The predicted molar refractivity (Wildman–Crippen MR) is 167 cm³/mol. The van der Waals surface area contributed by atoms with Crippen LogP contribution in [0.5, 0.6) is 5.75 Å². The standard InChI is InChI=1S/C30H34F3N8O4P/c1-6-46(43)15-18-7-8-22(24(11-18)44-5)39-28-35-13-20(30(31,32)33)26(40-28)38-23-10-9-21(37-25(23)27(42)34-4)19-12-36-41(14-19)16-29(2,3)17-45-46/h7-14H,6,15-17H2,1-5H3,(H,34,42)(H2,35,38,39,40). The van der Waals surface area contributed by atoms with E-state index in [-0.39, 0.29) is 30.1 Å². The van der Waals surface area contributed by atoms with E-state index in [1.54, 1.807) is 41.3 Å². The van der Waals surface area contributed by atoms with Crippen molar-refractivity contribution in [1.29, 1.82) is 0 Å². The van der Waals surface area contributed by atoms with Crippen molar-refractivity contribution in [2.45, 2.75) is 39.7 Å². The summed E-state index contributed by atoms with van der Waals surface area (Å²) < 4.78 is 69.4. The highest BCUT2D eigenvalue weighted by Crippen LogP contribution is 2.51. The fourth-order valence-electron chi connectivity index (χ4n) is 4.83. The molecule has 244 valence electrons. The van der Waals surface area contributed by atoms with E-state index >= 15 is 0 Å². The average molecular weight is 659 g/mol. The minimum atomic E-state index is -4.82. The summed E-state index contributed by atoms with van der Waals surface area (Å²) in [5.74, 6) is -1.07. The van der Waals surface area contributed by atoms with Crippen molar-refractivity contribution in [2.24, 2.45) is 5.41 Å². The van der Waals surface area contributed by atoms with E-state index in [1.165, 1.54) is 20.2 Å². The first-order valence-electron chi connectivity index (χ1n) is 14.4. The van der Waals surface area contributed by atoms with Crippen LogP contribution in [0.2, 0.25) is 0 Å². The predicted octanol–water partition coefficient (Wildman–Crippen LogP) is 6.46. The van der Waals surface area contributed by atoms with Crippen LogP contribution in [0.15, 0.2) is 48.9 Å². The number of amides is 1. The molecule has 0 spiro atoms. The summed E-state index contributed by atoms with van der Waals surface area (Å²) in [6, 6.07) is 8.06. The van der Waals surface area contributed by atoms with Crippen molar-refractivity contribution < 1.29 is 31.8 Å². The Hall–Kier alpha value is -4.49. The normalized spacial score (nSPS) is 18.1. The van der Waals surface area contributed by atoms with Crippen molar-refractivity contribution in [1.82, 2.24) is 30.0 Å². The van der Waals surface area contributed by atoms with Gasteiger partial charge < -0.3 is 25.2 Å². The number of methoxy groups -OCH3 is 1. The van der Waals surface area contributed by atoms with E-state index in [0.717, 1.165) is 0 Å². The van der Waals surface area contributed by atoms with Crippen molar-refractivity contribution in [3.8, 4) is 17.0 Å². The second-order valence-electron chi connectivity index (χ2n) is 11.6. The van der Waals surface area contributed by atoms with Crippen LogP contribution >= 0.6 is 7.37 Å². The second kappa shape index (κ2) is 12.7. The van der Waals surface area contributed by atoms with E-state index in [1.807, 2.05) is 20.8 Å². The van der Waals surface area contributed by atoms with Crippen LogP contribution in [-0.2, 0) is 28.0 Å². The molecular formula is C30H34F3N8O4P. The number of pyridine rings is 1. The van der Waals surface area contributed by atoms with Gasteiger partial charge in [0.2, 0.25) is 13.3 Å². The SMILES string of the molecule is CCP1(=O)Cc2ccc(c(OC)c2)Nc2ncc(C(F)(F)F)c(n2)Nc2ccc(nc2C(=O)NC)-c2cnn(c2)CC(C)(C)CO1. The van der Waals surface area contributed by atoms with Gasteiger partial charge in [-0.05, 0) is 29.8 Å². The Morgan fingerprint density at radius 1 is 1.15 bits per heavy atom. The first kappa shape index (κ1) is 32.9. The van der Waals surface area contributed by atoms with Crippen LogP contribution in [0.4, 0.5) is 36.3 Å². The number of carbonyl (C=O) groups excluding carboxylic acids is 1. The van der Waals surface area contributed by atoms with E-state index in [2.05, 4.69) is 36.0 Å². The van der Waals surface area contributed by atoms with Crippen molar-refractivity contribution in [3.63, 3.8) is 0 Å². The largest absolute Gasteiger partial charge is 0.495 e. The minimum Gasteiger partial charge on any atom is -0.495 e. The quantitative estimate of drug-likeness (QED) is 0.210. The summed E-state index contributed by atoms with van der Waals surface area (Å²) in [5.41, 5.74) is 0.231. The van der Waals surface area contributed by atoms with Crippen LogP contribution in [0.1, 0.15) is 42.4 Å². The molecule has 12 nitrogen and oxygen atoms in total. The molecule has 4 aliphatic rings. The van der Waals surface area contributed by atoms with Gasteiger partial charge in [-0.1, -0.05) is 26.8 Å². The summed E-state index contributed by atoms with van der Waals surface area (Å²) in [6.45, 7) is 6.39. The zero-order valence-electron chi connectivity index (χ0n) is 25.9. The maximum Gasteiger partial charge on any atom is 0.421 e. The van der Waals surface area contributed by atoms with Crippen LogP contribution in [0, 0.1) is 5.41 Å². The van der Waals surface area contributed by atoms with E-state index in [9.17, 15) is 22.5 Å². The number of nitrogens with zero attached hydrogens (tertiary/aromatic N) is 5. The molecule has 3 aromatic heterocycles. The van der Waals surface area contributed by atoms with E-state index < -0.39 is 36.2 Å². The molecule has 0 saturated heterocycles. The lowest BCUT2D eigenvalue weighted by atomic mass is 9.95. The molecule has 8 bridgehead atoms. The number of benzene rings is 1. The van der Waals surface area contributed by atoms with E-state index in [4.69, 9.17) is 9.26 Å². The van der Waals surface area contributed by atoms with Crippen LogP contribution in [0.3, 0.4) is 0 Å². The molecular weight excluding hydrogens is 624 g/mol. The smallest absolute Gasteiger partial charge is 0.421 e. The third kappa shape index (κ3) is 7.31. The number of halogens is 3. The van der Waals surface area contributed by atoms with Gasteiger partial charge in [-0.25, -0.2) is 9.97 Å². The number of anilines is 4. The highest BCUT2D eigenvalue weighted by molar-refractivity contribution is 7.58. The number of ether oxygens (including phenoxy) is 1. The molecule has 4 aromatic rings. The van der Waals surface area contributed by atoms with Gasteiger partial charge in [0, 0.05) is 49.3 Å². The molecule has 1 unspecified atom stereocenters. The molecule has 4 aliphatic heterocycles. The Morgan fingerprint density at radius 2 is 1.91 bits per heavy atom. The molecule has 3 N–H and O–H groups in total. The van der Waals surface area contributed by atoms with Gasteiger partial charge in [0.15, 0.2) is 5.69 Å². The Labute approximate surface area is 263 Å². The number of nitrogens with one attached hydrogen (secondary N) is 3. The van der Waals surface area contributed by atoms with Gasteiger partial charge in [0.25, 0.3) is 5.91 Å². The minimum absolute atomic E-state index is 0.00615. The van der Waals surface area contributed by atoms with Crippen molar-refractivity contribution in [3.05, 3.63) is 65.7 Å². The first-order valence-corrected chi connectivity index (χ1v) is 16.4. The average Bonchev–Trinajstić information content (AvgIpc) is 3.47. The maximum absolute atomic E-state index is 14.1. The number of hydrogen-bond acceptors (Lipinski definition) is 10. The molecule has 8 rings (SSSR count). The summed E-state index contributed by atoms with van der Waals surface area (Å²) in [5, 5.41) is 12.5. The molecule has 46 heavy (non-hydrogen) atoms. The Bertz CT molecular complexity index is 1810. The lowest BCUT2D eigenvalue weighted by Gasteiger charge is -2.27. The number of alkyl halides is 3. The van der Waals surface area contributed by atoms with Gasteiger partial charge in [0.1, 0.15) is 17.1 Å². The molecule has 1 amide bonds. The monoisotopic (exact) mass is 658 g/mol. The highest BCUT2D eigenvalue weighted by atomic mass is 31.2. The summed E-state index contributed by atoms with van der Waals surface area (Å²) in [4.78, 5) is 25.3. The van der Waals surface area contributed by atoms with E-state index in [0.29, 0.717) is 47.2 Å². The third-order valence-corrected chi connectivity index (χ3v) is 9.72. The highest BCUT2D eigenvalue weighted by Gasteiger charge is 2.36. The van der Waals surface area contributed by atoms with Crippen LogP contribution in [-0.4, -0.2) is 57.6 Å². The lowest BCUT2D eigenvalue weighted by Crippen LogP contribution is -2.25. The first-order chi connectivity index (χ1) is 21.7. The zero-order chi connectivity index (χ0) is 33.3. The van der Waals surface area contributed by atoms with Crippen LogP contribution in [0.25, 0.3) is 11.3 Å². The fourth-order valence-corrected chi connectivity index (χ4v) is 6.66. The molecule has 0 saturated carbocycles. The molecule has 0 aliphatic carbocycles. The maximum atomic E-state index is 14.1. The Kier molecular flexibility index (Phi) is 9.09. The summed E-state index contributed by atoms with van der Waals surface area (Å²) in [6.07, 6.45) is -0.391. The molecule has 0 radical (unpaired) electrons. The lowest BCUT2D eigenvalue weighted by molar-refractivity contribution is -0.137. The molecule has 0 fully saturated rings. The Balaban J connectivity index is 1.66. The molecule has 1 atom stereocenters. The number of rotatable bonds is 3. The topological polar surface area (TPSA) is 145 Å². The summed E-state index contributed by atoms with van der Waals surface area (Å²) in [7, 11) is -0.285.